The van der Waals surface area contributed by atoms with Crippen molar-refractivity contribution < 1.29 is 14.0 Å². The second-order valence-corrected chi connectivity index (χ2v) is 6.87. The normalized spacial score (nSPS) is 17.7. The zero-order valence-electron chi connectivity index (χ0n) is 14.5. The first-order valence-corrected chi connectivity index (χ1v) is 8.89. The molecule has 0 spiro atoms. The van der Waals surface area contributed by atoms with Crippen LogP contribution in [0.2, 0.25) is 5.02 Å². The Bertz CT molecular complexity index is 813. The summed E-state index contributed by atoms with van der Waals surface area (Å²) in [5.41, 5.74) is 1.42. The Labute approximate surface area is 157 Å². The topological polar surface area (TPSA) is 40.6 Å². The van der Waals surface area contributed by atoms with E-state index >= 15 is 0 Å². The van der Waals surface area contributed by atoms with Crippen molar-refractivity contribution in [3.63, 3.8) is 0 Å². The molecule has 1 atom stereocenters. The minimum Gasteiger partial charge on any atom is -0.331 e. The van der Waals surface area contributed by atoms with Crippen LogP contribution in [-0.2, 0) is 22.6 Å². The zero-order chi connectivity index (χ0) is 18.7. The van der Waals surface area contributed by atoms with Crippen molar-refractivity contribution in [2.24, 2.45) is 0 Å². The van der Waals surface area contributed by atoms with Crippen LogP contribution in [0.5, 0.6) is 0 Å². The number of carbonyl (C=O) groups excluding carboxylic acids is 2. The number of amides is 2. The van der Waals surface area contributed by atoms with Gasteiger partial charge in [-0.05, 0) is 37.1 Å². The van der Waals surface area contributed by atoms with Crippen LogP contribution in [0.15, 0.2) is 48.5 Å². The van der Waals surface area contributed by atoms with Crippen LogP contribution >= 0.6 is 11.6 Å². The second-order valence-electron chi connectivity index (χ2n) is 6.43. The van der Waals surface area contributed by atoms with Crippen molar-refractivity contribution in [3.05, 3.63) is 70.5 Å². The fraction of sp³-hybridized carbons (Fsp3) is 0.300. The molecule has 3 rings (SSSR count). The molecule has 0 N–H and O–H groups in total. The summed E-state index contributed by atoms with van der Waals surface area (Å²) in [6, 6.07) is 13.4. The van der Waals surface area contributed by atoms with Gasteiger partial charge in [0.25, 0.3) is 0 Å². The summed E-state index contributed by atoms with van der Waals surface area (Å²) in [5.74, 6) is -0.749. The van der Waals surface area contributed by atoms with Crippen LogP contribution < -0.4 is 0 Å². The van der Waals surface area contributed by atoms with Crippen LogP contribution in [0.4, 0.5) is 4.39 Å². The molecule has 0 aliphatic carbocycles. The first-order chi connectivity index (χ1) is 12.5. The van der Waals surface area contributed by atoms with Crippen molar-refractivity contribution >= 4 is 23.4 Å². The molecule has 136 valence electrons. The van der Waals surface area contributed by atoms with Gasteiger partial charge >= 0.3 is 0 Å². The van der Waals surface area contributed by atoms with Gasteiger partial charge in [-0.1, -0.05) is 41.9 Å². The van der Waals surface area contributed by atoms with E-state index in [-0.39, 0.29) is 24.9 Å². The van der Waals surface area contributed by atoms with Gasteiger partial charge in [0, 0.05) is 23.7 Å². The van der Waals surface area contributed by atoms with E-state index in [9.17, 15) is 14.0 Å². The number of halogens is 2. The number of benzene rings is 2. The predicted molar refractivity (Wildman–Crippen MR) is 98.1 cm³/mol. The van der Waals surface area contributed by atoms with Crippen LogP contribution in [0.1, 0.15) is 18.1 Å². The van der Waals surface area contributed by atoms with Crippen molar-refractivity contribution in [2.45, 2.75) is 25.9 Å². The average molecular weight is 375 g/mol. The predicted octanol–water partition coefficient (Wildman–Crippen LogP) is 3.28. The number of rotatable bonds is 5. The van der Waals surface area contributed by atoms with E-state index in [0.29, 0.717) is 23.6 Å². The number of hydrogen-bond acceptors (Lipinski definition) is 2. The molecule has 1 saturated heterocycles. The molecule has 0 radical (unpaired) electrons. The lowest BCUT2D eigenvalue weighted by atomic mass is 10.1. The average Bonchev–Trinajstić information content (AvgIpc) is 2.64. The van der Waals surface area contributed by atoms with Crippen molar-refractivity contribution in [1.29, 1.82) is 0 Å². The van der Waals surface area contributed by atoms with Gasteiger partial charge in [-0.15, -0.1) is 0 Å². The minimum atomic E-state index is -0.634. The second kappa shape index (κ2) is 7.87. The monoisotopic (exact) mass is 374 g/mol. The Morgan fingerprint density at radius 1 is 1.15 bits per heavy atom. The molecule has 2 amide bonds. The first-order valence-electron chi connectivity index (χ1n) is 8.52. The van der Waals surface area contributed by atoms with Crippen molar-refractivity contribution in [3.8, 4) is 0 Å². The van der Waals surface area contributed by atoms with Crippen LogP contribution in [0, 0.1) is 5.82 Å². The Hall–Kier alpha value is -2.40. The first kappa shape index (κ1) is 18.4. The van der Waals surface area contributed by atoms with E-state index < -0.39 is 11.9 Å². The number of piperazine rings is 1. The molecule has 0 aromatic heterocycles. The highest BCUT2D eigenvalue weighted by atomic mass is 35.5. The molecule has 26 heavy (non-hydrogen) atoms. The van der Waals surface area contributed by atoms with Gasteiger partial charge in [-0.25, -0.2) is 4.39 Å². The largest absolute Gasteiger partial charge is 0.331 e. The highest BCUT2D eigenvalue weighted by Crippen LogP contribution is 2.21. The summed E-state index contributed by atoms with van der Waals surface area (Å²) in [6.45, 7) is 2.21. The smallest absolute Gasteiger partial charge is 0.245 e. The molecular weight excluding hydrogens is 355 g/mol. The van der Waals surface area contributed by atoms with Crippen molar-refractivity contribution in [2.75, 3.05) is 13.1 Å². The summed E-state index contributed by atoms with van der Waals surface area (Å²) < 4.78 is 14.0. The summed E-state index contributed by atoms with van der Waals surface area (Å²) in [7, 11) is 0. The van der Waals surface area contributed by atoms with Gasteiger partial charge in [0.1, 0.15) is 11.9 Å². The van der Waals surface area contributed by atoms with E-state index in [2.05, 4.69) is 0 Å². The van der Waals surface area contributed by atoms with Gasteiger partial charge in [-0.2, -0.15) is 0 Å². The molecule has 1 heterocycles. The van der Waals surface area contributed by atoms with Gasteiger partial charge in [-0.3, -0.25) is 9.59 Å². The third-order valence-corrected chi connectivity index (χ3v) is 4.88. The molecule has 1 fully saturated rings. The Morgan fingerprint density at radius 3 is 2.62 bits per heavy atom. The maximum atomic E-state index is 14.0. The summed E-state index contributed by atoms with van der Waals surface area (Å²) >= 11 is 5.91. The van der Waals surface area contributed by atoms with Crippen LogP contribution in [0.25, 0.3) is 0 Å². The standard InChI is InChI=1S/C20H20ClFN2O2/c1-14-20(26)23(10-9-15-5-3-2-4-6-15)13-19(25)24(14)12-16-11-17(21)7-8-18(16)22/h2-8,11,14H,9-10,12-13H2,1H3/t14-/m0/s1. The highest BCUT2D eigenvalue weighted by Gasteiger charge is 2.36. The molecule has 1 aliphatic rings. The van der Waals surface area contributed by atoms with Crippen LogP contribution in [0.3, 0.4) is 0 Å². The van der Waals surface area contributed by atoms with E-state index in [1.807, 2.05) is 30.3 Å². The highest BCUT2D eigenvalue weighted by molar-refractivity contribution is 6.30. The lowest BCUT2D eigenvalue weighted by Crippen LogP contribution is -2.58. The zero-order valence-corrected chi connectivity index (χ0v) is 15.2. The van der Waals surface area contributed by atoms with E-state index in [4.69, 9.17) is 11.6 Å². The Kier molecular flexibility index (Phi) is 5.57. The molecule has 0 bridgehead atoms. The maximum Gasteiger partial charge on any atom is 0.245 e. The van der Waals surface area contributed by atoms with Crippen molar-refractivity contribution in [1.82, 2.24) is 9.80 Å². The lowest BCUT2D eigenvalue weighted by molar-refractivity contribution is -0.155. The molecule has 0 unspecified atom stereocenters. The molecule has 4 nitrogen and oxygen atoms in total. The summed E-state index contributed by atoms with van der Waals surface area (Å²) in [4.78, 5) is 28.2. The molecule has 1 aliphatic heterocycles. The quantitative estimate of drug-likeness (QED) is 0.805. The van der Waals surface area contributed by atoms with Gasteiger partial charge in [0.15, 0.2) is 0 Å². The van der Waals surface area contributed by atoms with Crippen LogP contribution in [-0.4, -0.2) is 40.7 Å². The summed E-state index contributed by atoms with van der Waals surface area (Å²) in [5, 5.41) is 0.398. The molecule has 0 saturated carbocycles. The van der Waals surface area contributed by atoms with E-state index in [1.54, 1.807) is 11.8 Å². The number of nitrogens with zero attached hydrogens (tertiary/aromatic N) is 2. The third kappa shape index (κ3) is 4.05. The maximum absolute atomic E-state index is 14.0. The molecule has 2 aromatic rings. The fourth-order valence-electron chi connectivity index (χ4n) is 3.12. The third-order valence-electron chi connectivity index (χ3n) is 4.64. The number of hydrogen-bond donors (Lipinski definition) is 0. The fourth-order valence-corrected chi connectivity index (χ4v) is 3.31. The Balaban J connectivity index is 1.68. The lowest BCUT2D eigenvalue weighted by Gasteiger charge is -2.39. The molecular formula is C20H20ClFN2O2. The minimum absolute atomic E-state index is 0.0121. The van der Waals surface area contributed by atoms with E-state index in [1.165, 1.54) is 23.1 Å². The molecule has 6 heteroatoms. The summed E-state index contributed by atoms with van der Waals surface area (Å²) in [6.07, 6.45) is 0.690. The number of carbonyl (C=O) groups is 2. The van der Waals surface area contributed by atoms with E-state index in [0.717, 1.165) is 5.56 Å². The van der Waals surface area contributed by atoms with Gasteiger partial charge < -0.3 is 9.80 Å². The SMILES string of the molecule is C[C@H]1C(=O)N(CCc2ccccc2)CC(=O)N1Cc1cc(Cl)ccc1F. The Morgan fingerprint density at radius 2 is 1.88 bits per heavy atom. The van der Waals surface area contributed by atoms with Gasteiger partial charge in [0.2, 0.25) is 11.8 Å². The van der Waals surface area contributed by atoms with Gasteiger partial charge in [0.05, 0.1) is 6.54 Å². The molecule has 2 aromatic carbocycles.